The summed E-state index contributed by atoms with van der Waals surface area (Å²) in [6, 6.07) is 0. The molecule has 0 saturated heterocycles. The molecule has 0 unspecified atom stereocenters. The molecule has 5 nitrogen and oxygen atoms in total. The monoisotopic (exact) mass is 511 g/mol. The van der Waals surface area contributed by atoms with E-state index in [1.165, 1.54) is 51.4 Å². The van der Waals surface area contributed by atoms with Gasteiger partial charge >= 0.3 is 11.9 Å². The van der Waals surface area contributed by atoms with E-state index in [9.17, 15) is 9.59 Å². The van der Waals surface area contributed by atoms with Gasteiger partial charge in [-0.1, -0.05) is 105 Å². The molecule has 5 heteroatoms. The average molecular weight is 512 g/mol. The Hall–Kier alpha value is -1.10. The van der Waals surface area contributed by atoms with Crippen LogP contribution in [0, 0.1) is 5.92 Å². The summed E-state index contributed by atoms with van der Waals surface area (Å²) in [5, 5.41) is 0. The zero-order chi connectivity index (χ0) is 26.7. The lowest BCUT2D eigenvalue weighted by atomic mass is 9.92. The van der Waals surface area contributed by atoms with Crippen LogP contribution in [-0.2, 0) is 19.1 Å². The highest BCUT2D eigenvalue weighted by Gasteiger charge is 2.10. The van der Waals surface area contributed by atoms with Gasteiger partial charge in [0.25, 0.3) is 0 Å². The summed E-state index contributed by atoms with van der Waals surface area (Å²) in [4.78, 5) is 26.3. The minimum Gasteiger partial charge on any atom is -0.466 e. The Morgan fingerprint density at radius 3 is 1.56 bits per heavy atom. The van der Waals surface area contributed by atoms with Crippen molar-refractivity contribution in [2.45, 2.75) is 150 Å². The van der Waals surface area contributed by atoms with Crippen LogP contribution < -0.4 is 0 Å². The number of carbonyl (C=O) groups is 2. The molecule has 0 aliphatic carbocycles. The Morgan fingerprint density at radius 2 is 1.06 bits per heavy atom. The average Bonchev–Trinajstić information content (AvgIpc) is 2.87. The topological polar surface area (TPSA) is 55.8 Å². The van der Waals surface area contributed by atoms with E-state index in [1.54, 1.807) is 0 Å². The SMILES string of the molecule is CCCCCC(CCCCC)CCOC(=O)CCCCCCCCC(=O)OCCCCN(CC)CC. The first-order valence-electron chi connectivity index (χ1n) is 15.6. The Bertz CT molecular complexity index is 483. The van der Waals surface area contributed by atoms with Crippen LogP contribution in [0.2, 0.25) is 0 Å². The fraction of sp³-hybridized carbons (Fsp3) is 0.935. The van der Waals surface area contributed by atoms with Crippen LogP contribution in [0.5, 0.6) is 0 Å². The summed E-state index contributed by atoms with van der Waals surface area (Å²) in [5.74, 6) is 0.625. The summed E-state index contributed by atoms with van der Waals surface area (Å²) in [6.07, 6.45) is 20.6. The Morgan fingerprint density at radius 1 is 0.556 bits per heavy atom. The third-order valence-corrected chi connectivity index (χ3v) is 7.26. The molecule has 0 aromatic heterocycles. The molecule has 0 rings (SSSR count). The summed E-state index contributed by atoms with van der Waals surface area (Å²) in [5.41, 5.74) is 0. The largest absolute Gasteiger partial charge is 0.466 e. The number of ether oxygens (including phenoxy) is 2. The van der Waals surface area contributed by atoms with E-state index < -0.39 is 0 Å². The van der Waals surface area contributed by atoms with Crippen molar-refractivity contribution in [1.82, 2.24) is 4.90 Å². The predicted octanol–water partition coefficient (Wildman–Crippen LogP) is 8.48. The smallest absolute Gasteiger partial charge is 0.305 e. The van der Waals surface area contributed by atoms with Crippen molar-refractivity contribution in [3.05, 3.63) is 0 Å². The number of unbranched alkanes of at least 4 members (excludes halogenated alkanes) is 10. The minimum atomic E-state index is -0.0569. The second-order valence-corrected chi connectivity index (χ2v) is 10.4. The lowest BCUT2D eigenvalue weighted by molar-refractivity contribution is -0.145. The first kappa shape index (κ1) is 34.9. The maximum atomic E-state index is 12.1. The quantitative estimate of drug-likeness (QED) is 0.0817. The zero-order valence-corrected chi connectivity index (χ0v) is 24.6. The Balaban J connectivity index is 3.61. The van der Waals surface area contributed by atoms with Crippen LogP contribution in [0.25, 0.3) is 0 Å². The number of carbonyl (C=O) groups excluding carboxylic acids is 2. The van der Waals surface area contributed by atoms with E-state index in [0.29, 0.717) is 32.0 Å². The molecule has 0 bridgehead atoms. The number of esters is 2. The van der Waals surface area contributed by atoms with Gasteiger partial charge in [-0.25, -0.2) is 0 Å². The minimum absolute atomic E-state index is 0.0318. The van der Waals surface area contributed by atoms with Crippen LogP contribution in [0.1, 0.15) is 150 Å². The standard InChI is InChI=1S/C31H61NO4/c1-5-9-15-21-29(22-16-10-6-2)25-28-36-31(34)24-18-14-12-11-13-17-23-30(33)35-27-20-19-26-32(7-3)8-4/h29H,5-28H2,1-4H3. The lowest BCUT2D eigenvalue weighted by Gasteiger charge is -2.17. The second-order valence-electron chi connectivity index (χ2n) is 10.4. The van der Waals surface area contributed by atoms with E-state index in [2.05, 4.69) is 32.6 Å². The normalized spacial score (nSPS) is 11.4. The molecule has 0 aromatic carbocycles. The maximum absolute atomic E-state index is 12.1. The molecule has 0 amide bonds. The van der Waals surface area contributed by atoms with Gasteiger partial charge in [0, 0.05) is 12.8 Å². The van der Waals surface area contributed by atoms with Gasteiger partial charge in [0.2, 0.25) is 0 Å². The van der Waals surface area contributed by atoms with Crippen LogP contribution in [0.3, 0.4) is 0 Å². The summed E-state index contributed by atoms with van der Waals surface area (Å²) < 4.78 is 10.9. The van der Waals surface area contributed by atoms with E-state index in [-0.39, 0.29) is 11.9 Å². The van der Waals surface area contributed by atoms with Gasteiger partial charge < -0.3 is 14.4 Å². The van der Waals surface area contributed by atoms with Gasteiger partial charge in [-0.3, -0.25) is 9.59 Å². The third kappa shape index (κ3) is 23.3. The van der Waals surface area contributed by atoms with E-state index >= 15 is 0 Å². The molecule has 0 N–H and O–H groups in total. The highest BCUT2D eigenvalue weighted by molar-refractivity contribution is 5.69. The van der Waals surface area contributed by atoms with E-state index in [1.807, 2.05) is 0 Å². The van der Waals surface area contributed by atoms with E-state index in [0.717, 1.165) is 77.4 Å². The molecule has 0 spiro atoms. The molecule has 0 fully saturated rings. The van der Waals surface area contributed by atoms with E-state index in [4.69, 9.17) is 9.47 Å². The van der Waals surface area contributed by atoms with Gasteiger partial charge in [0.05, 0.1) is 13.2 Å². The highest BCUT2D eigenvalue weighted by atomic mass is 16.5. The third-order valence-electron chi connectivity index (χ3n) is 7.26. The first-order valence-corrected chi connectivity index (χ1v) is 15.6. The van der Waals surface area contributed by atoms with Crippen molar-refractivity contribution in [3.63, 3.8) is 0 Å². The molecular formula is C31H61NO4. The molecule has 214 valence electrons. The number of nitrogens with zero attached hydrogens (tertiary/aromatic N) is 1. The first-order chi connectivity index (χ1) is 17.6. The number of hydrogen-bond donors (Lipinski definition) is 0. The van der Waals surface area contributed by atoms with Crippen molar-refractivity contribution >= 4 is 11.9 Å². The number of rotatable bonds is 27. The van der Waals surface area contributed by atoms with Gasteiger partial charge in [-0.2, -0.15) is 0 Å². The van der Waals surface area contributed by atoms with Gasteiger partial charge in [0.1, 0.15) is 0 Å². The Kier molecular flexibility index (Phi) is 26.1. The van der Waals surface area contributed by atoms with Gasteiger partial charge in [-0.05, 0) is 57.7 Å². The van der Waals surface area contributed by atoms with Crippen molar-refractivity contribution in [3.8, 4) is 0 Å². The van der Waals surface area contributed by atoms with Crippen LogP contribution in [-0.4, -0.2) is 49.7 Å². The molecule has 0 saturated carbocycles. The van der Waals surface area contributed by atoms with Gasteiger partial charge in [0.15, 0.2) is 0 Å². The molecule has 36 heavy (non-hydrogen) atoms. The summed E-state index contributed by atoms with van der Waals surface area (Å²) in [7, 11) is 0. The Labute approximate surface area is 224 Å². The second kappa shape index (κ2) is 26.9. The molecular weight excluding hydrogens is 450 g/mol. The summed E-state index contributed by atoms with van der Waals surface area (Å²) in [6.45, 7) is 13.3. The maximum Gasteiger partial charge on any atom is 0.305 e. The molecule has 0 radical (unpaired) electrons. The van der Waals surface area contributed by atoms with Crippen molar-refractivity contribution in [2.75, 3.05) is 32.8 Å². The van der Waals surface area contributed by atoms with Gasteiger partial charge in [-0.15, -0.1) is 0 Å². The zero-order valence-electron chi connectivity index (χ0n) is 24.6. The van der Waals surface area contributed by atoms with Crippen LogP contribution >= 0.6 is 0 Å². The van der Waals surface area contributed by atoms with Crippen LogP contribution in [0.15, 0.2) is 0 Å². The molecule has 0 aliphatic heterocycles. The highest BCUT2D eigenvalue weighted by Crippen LogP contribution is 2.21. The fourth-order valence-corrected chi connectivity index (χ4v) is 4.69. The fourth-order valence-electron chi connectivity index (χ4n) is 4.69. The molecule has 0 heterocycles. The summed E-state index contributed by atoms with van der Waals surface area (Å²) >= 11 is 0. The lowest BCUT2D eigenvalue weighted by Crippen LogP contribution is -2.24. The van der Waals surface area contributed by atoms with Crippen LogP contribution in [0.4, 0.5) is 0 Å². The molecule has 0 aliphatic rings. The molecule has 0 aromatic rings. The number of hydrogen-bond acceptors (Lipinski definition) is 5. The van der Waals surface area contributed by atoms with Crippen molar-refractivity contribution in [1.29, 1.82) is 0 Å². The van der Waals surface area contributed by atoms with Crippen molar-refractivity contribution in [2.24, 2.45) is 5.92 Å². The van der Waals surface area contributed by atoms with Crippen molar-refractivity contribution < 1.29 is 19.1 Å². The molecule has 0 atom stereocenters. The predicted molar refractivity (Wildman–Crippen MR) is 152 cm³/mol.